The number of ketones is 1. The highest BCUT2D eigenvalue weighted by Crippen LogP contribution is 2.47. The van der Waals surface area contributed by atoms with Crippen molar-refractivity contribution in [3.63, 3.8) is 0 Å². The Hall–Kier alpha value is -3.98. The minimum atomic E-state index is -1.57. The first kappa shape index (κ1) is 25.3. The number of carbonyl (C=O) groups excluding carboxylic acids is 3. The van der Waals surface area contributed by atoms with Gasteiger partial charge in [-0.2, -0.15) is 0 Å². The predicted octanol–water partition coefficient (Wildman–Crippen LogP) is 5.25. The molecule has 1 aromatic carbocycles. The molecular weight excluding hydrogens is 518 g/mol. The van der Waals surface area contributed by atoms with Crippen LogP contribution in [-0.2, 0) is 15.1 Å². The fraction of sp³-hybridized carbons (Fsp3) is 0.345. The van der Waals surface area contributed by atoms with Crippen LogP contribution in [0.25, 0.3) is 11.0 Å². The lowest BCUT2D eigenvalue weighted by molar-refractivity contribution is -0.128. The van der Waals surface area contributed by atoms with Crippen molar-refractivity contribution in [3.8, 4) is 0 Å². The van der Waals surface area contributed by atoms with Crippen LogP contribution < -0.4 is 11.1 Å². The van der Waals surface area contributed by atoms with Crippen LogP contribution in [0.3, 0.4) is 0 Å². The lowest BCUT2D eigenvalue weighted by Gasteiger charge is -2.30. The van der Waals surface area contributed by atoms with Crippen LogP contribution in [0.2, 0.25) is 5.02 Å². The quantitative estimate of drug-likeness (QED) is 0.407. The van der Waals surface area contributed by atoms with Gasteiger partial charge in [0.05, 0.1) is 21.7 Å². The van der Waals surface area contributed by atoms with Crippen LogP contribution in [0.5, 0.6) is 0 Å². The summed E-state index contributed by atoms with van der Waals surface area (Å²) in [6, 6.07) is 8.32. The average Bonchev–Trinajstić information content (AvgIpc) is 3.67. The summed E-state index contributed by atoms with van der Waals surface area (Å²) in [4.78, 5) is 51.4. The van der Waals surface area contributed by atoms with Gasteiger partial charge in [0, 0.05) is 37.0 Å². The fourth-order valence-corrected chi connectivity index (χ4v) is 6.03. The van der Waals surface area contributed by atoms with Crippen LogP contribution in [0.1, 0.15) is 61.1 Å². The zero-order valence-electron chi connectivity index (χ0n) is 21.3. The van der Waals surface area contributed by atoms with E-state index in [1.807, 2.05) is 0 Å². The molecule has 9 nitrogen and oxygen atoms in total. The van der Waals surface area contributed by atoms with Crippen LogP contribution in [0.4, 0.5) is 11.5 Å². The SMILES string of the molecule is Nc1cccc2oc(C(=O)Nc3ccc(Cl)cn3)c(C3(C(=O)C4CCCCC4)C=C(N4CCCC4=O)C=N3)c12. The molecule has 2 amide bonds. The molecule has 10 heteroatoms. The van der Waals surface area contributed by atoms with Crippen LogP contribution in [0.15, 0.2) is 57.7 Å². The fourth-order valence-electron chi connectivity index (χ4n) is 5.92. The van der Waals surface area contributed by atoms with Gasteiger partial charge in [0.15, 0.2) is 17.1 Å². The molecule has 39 heavy (non-hydrogen) atoms. The maximum absolute atomic E-state index is 14.5. The molecule has 4 heterocycles. The maximum Gasteiger partial charge on any atom is 0.292 e. The number of allylic oxidation sites excluding steroid dienone is 1. The second-order valence-electron chi connectivity index (χ2n) is 10.3. The number of amides is 2. The van der Waals surface area contributed by atoms with E-state index in [0.717, 1.165) is 38.5 Å². The highest BCUT2D eigenvalue weighted by Gasteiger charge is 2.50. The van der Waals surface area contributed by atoms with E-state index in [1.54, 1.807) is 47.5 Å². The van der Waals surface area contributed by atoms with Crippen LogP contribution in [0, 0.1) is 5.92 Å². The van der Waals surface area contributed by atoms with E-state index in [-0.39, 0.29) is 34.7 Å². The molecule has 1 atom stereocenters. The number of hydrogen-bond donors (Lipinski definition) is 2. The number of nitrogen functional groups attached to an aromatic ring is 1. The van der Waals surface area contributed by atoms with E-state index in [9.17, 15) is 14.4 Å². The second-order valence-corrected chi connectivity index (χ2v) is 10.7. The van der Waals surface area contributed by atoms with Crippen molar-refractivity contribution in [2.24, 2.45) is 10.9 Å². The highest BCUT2D eigenvalue weighted by atomic mass is 35.5. The van der Waals surface area contributed by atoms with Crippen molar-refractivity contribution in [1.29, 1.82) is 0 Å². The van der Waals surface area contributed by atoms with Crippen molar-refractivity contribution in [2.45, 2.75) is 50.5 Å². The van der Waals surface area contributed by atoms with E-state index in [4.69, 9.17) is 26.7 Å². The Morgan fingerprint density at radius 3 is 2.67 bits per heavy atom. The first-order chi connectivity index (χ1) is 18.9. The molecule has 200 valence electrons. The first-order valence-electron chi connectivity index (χ1n) is 13.2. The topological polar surface area (TPSA) is 131 Å². The molecule has 2 aliphatic heterocycles. The maximum atomic E-state index is 14.5. The zero-order valence-corrected chi connectivity index (χ0v) is 22.0. The molecule has 0 spiro atoms. The number of likely N-dealkylation sites (tertiary alicyclic amines) is 1. The molecule has 3 aliphatic rings. The number of Topliss-reactive ketones (excluding diaryl/α,β-unsaturated/α-hetero) is 1. The van der Waals surface area contributed by atoms with Gasteiger partial charge >= 0.3 is 0 Å². The number of nitrogens with one attached hydrogen (secondary N) is 1. The number of halogens is 1. The van der Waals surface area contributed by atoms with Gasteiger partial charge in [-0.15, -0.1) is 0 Å². The summed E-state index contributed by atoms with van der Waals surface area (Å²) < 4.78 is 6.11. The Labute approximate surface area is 230 Å². The Kier molecular flexibility index (Phi) is 6.46. The molecule has 1 saturated heterocycles. The van der Waals surface area contributed by atoms with Gasteiger partial charge in [0.2, 0.25) is 5.91 Å². The van der Waals surface area contributed by atoms with Crippen LogP contribution in [-0.4, -0.2) is 40.2 Å². The summed E-state index contributed by atoms with van der Waals surface area (Å²) >= 11 is 5.96. The van der Waals surface area contributed by atoms with Crippen molar-refractivity contribution in [3.05, 3.63) is 64.6 Å². The molecule has 0 radical (unpaired) electrons. The molecule has 1 aliphatic carbocycles. The number of aromatic nitrogens is 1. The van der Waals surface area contributed by atoms with Crippen molar-refractivity contribution < 1.29 is 18.8 Å². The van der Waals surface area contributed by atoms with Crippen molar-refractivity contribution >= 4 is 57.9 Å². The van der Waals surface area contributed by atoms with Gasteiger partial charge in [0.25, 0.3) is 5.91 Å². The van der Waals surface area contributed by atoms with E-state index in [1.165, 1.54) is 6.20 Å². The normalized spacial score (nSPS) is 21.5. The largest absolute Gasteiger partial charge is 0.450 e. The number of anilines is 2. The van der Waals surface area contributed by atoms with Crippen molar-refractivity contribution in [1.82, 2.24) is 9.88 Å². The Balaban J connectivity index is 1.54. The summed E-state index contributed by atoms with van der Waals surface area (Å²) in [5.74, 6) is -0.789. The second kappa shape index (κ2) is 9.96. The number of nitrogens with two attached hydrogens (primary N) is 1. The van der Waals surface area contributed by atoms with Gasteiger partial charge in [-0.25, -0.2) is 4.98 Å². The lowest BCUT2D eigenvalue weighted by Crippen LogP contribution is -2.38. The smallest absolute Gasteiger partial charge is 0.292 e. The minimum Gasteiger partial charge on any atom is -0.450 e. The van der Waals surface area contributed by atoms with Gasteiger partial charge in [0.1, 0.15) is 11.4 Å². The van der Waals surface area contributed by atoms with Gasteiger partial charge < -0.3 is 20.4 Å². The standard InChI is InChI=1S/C29H28ClN5O4/c30-18-11-12-22(32-15-18)34-28(38)26-25(24-20(31)8-4-9-21(24)39-26)29(27(37)17-6-2-1-3-7-17)14-19(16-33-29)35-13-5-10-23(35)36/h4,8-9,11-12,14-17H,1-3,5-7,10,13,31H2,(H,32,34,38). The third kappa shape index (κ3) is 4.40. The Morgan fingerprint density at radius 2 is 1.95 bits per heavy atom. The molecule has 1 saturated carbocycles. The zero-order chi connectivity index (χ0) is 27.1. The average molecular weight is 546 g/mol. The summed E-state index contributed by atoms with van der Waals surface area (Å²) in [5.41, 5.74) is 6.45. The number of pyridine rings is 1. The van der Waals surface area contributed by atoms with Crippen LogP contribution >= 0.6 is 11.6 Å². The Bertz CT molecular complexity index is 1540. The molecule has 3 aromatic rings. The summed E-state index contributed by atoms with van der Waals surface area (Å²) in [6.07, 6.45) is 10.3. The Morgan fingerprint density at radius 1 is 1.13 bits per heavy atom. The number of furan rings is 1. The number of fused-ring (bicyclic) bond motifs is 1. The van der Waals surface area contributed by atoms with E-state index in [2.05, 4.69) is 10.3 Å². The van der Waals surface area contributed by atoms with Crippen molar-refractivity contribution in [2.75, 3.05) is 17.6 Å². The summed E-state index contributed by atoms with van der Waals surface area (Å²) in [5, 5.41) is 3.63. The third-order valence-corrected chi connectivity index (χ3v) is 8.02. The number of rotatable bonds is 6. The highest BCUT2D eigenvalue weighted by molar-refractivity contribution is 6.30. The number of benzene rings is 1. The molecule has 2 fully saturated rings. The molecule has 2 aromatic heterocycles. The summed E-state index contributed by atoms with van der Waals surface area (Å²) in [6.45, 7) is 0.550. The van der Waals surface area contributed by atoms with E-state index >= 15 is 0 Å². The molecule has 3 N–H and O–H groups in total. The number of nitrogens with zero attached hydrogens (tertiary/aromatic N) is 3. The number of aliphatic imine (C=N–C) groups is 1. The summed E-state index contributed by atoms with van der Waals surface area (Å²) in [7, 11) is 0. The monoisotopic (exact) mass is 545 g/mol. The predicted molar refractivity (Wildman–Crippen MR) is 149 cm³/mol. The lowest BCUT2D eigenvalue weighted by atomic mass is 9.74. The van der Waals surface area contributed by atoms with E-state index < -0.39 is 11.4 Å². The molecular formula is C29H28ClN5O4. The number of carbonyl (C=O) groups is 3. The van der Waals surface area contributed by atoms with Gasteiger partial charge in [-0.05, 0) is 49.6 Å². The van der Waals surface area contributed by atoms with E-state index in [0.29, 0.717) is 40.3 Å². The number of hydrogen-bond acceptors (Lipinski definition) is 7. The molecule has 6 rings (SSSR count). The first-order valence-corrected chi connectivity index (χ1v) is 13.6. The molecule has 1 unspecified atom stereocenters. The van der Waals surface area contributed by atoms with Gasteiger partial charge in [-0.1, -0.05) is 36.9 Å². The molecule has 0 bridgehead atoms. The third-order valence-electron chi connectivity index (χ3n) is 7.80. The van der Waals surface area contributed by atoms with Gasteiger partial charge in [-0.3, -0.25) is 19.4 Å². The minimum absolute atomic E-state index is 0.0167.